The topological polar surface area (TPSA) is 38.3 Å². The Kier molecular flexibility index (Phi) is 15.4. The van der Waals surface area contributed by atoms with Gasteiger partial charge in [-0.3, -0.25) is 0 Å². The molecule has 1 unspecified atom stereocenters. The van der Waals surface area contributed by atoms with Gasteiger partial charge in [-0.25, -0.2) is 9.13 Å². The summed E-state index contributed by atoms with van der Waals surface area (Å²) in [5.74, 6) is 0. The Morgan fingerprint density at radius 1 is 0.852 bits per heavy atom. The van der Waals surface area contributed by atoms with Gasteiger partial charge in [-0.15, -0.1) is 0 Å². The monoisotopic (exact) mass is 381 g/mol. The van der Waals surface area contributed by atoms with E-state index in [0.717, 1.165) is 13.0 Å². The first-order chi connectivity index (χ1) is 13.2. The maximum absolute atomic E-state index is 9.97. The van der Waals surface area contributed by atoms with Gasteiger partial charge in [-0.2, -0.15) is 0 Å². The van der Waals surface area contributed by atoms with Crippen molar-refractivity contribution in [2.45, 2.75) is 109 Å². The molecule has 27 heavy (non-hydrogen) atoms. The number of aryl methyl sites for hydroxylation is 1. The second-order valence-electron chi connectivity index (χ2n) is 8.10. The lowest BCUT2D eigenvalue weighted by Gasteiger charge is -2.09. The minimum absolute atomic E-state index is 0.427. The summed E-state index contributed by atoms with van der Waals surface area (Å²) in [6, 6.07) is 0. The van der Waals surface area contributed by atoms with E-state index in [2.05, 4.69) is 6.92 Å². The van der Waals surface area contributed by atoms with Crippen LogP contribution < -0.4 is 4.57 Å². The Balaban J connectivity index is 1.75. The van der Waals surface area contributed by atoms with E-state index in [4.69, 9.17) is 4.74 Å². The van der Waals surface area contributed by atoms with Crippen molar-refractivity contribution in [3.8, 4) is 0 Å². The van der Waals surface area contributed by atoms with Crippen molar-refractivity contribution in [3.63, 3.8) is 0 Å². The molecule has 0 aliphatic heterocycles. The van der Waals surface area contributed by atoms with Crippen molar-refractivity contribution in [1.82, 2.24) is 4.57 Å². The van der Waals surface area contributed by atoms with E-state index in [1.165, 1.54) is 83.5 Å². The van der Waals surface area contributed by atoms with Crippen molar-refractivity contribution in [3.05, 3.63) is 18.7 Å². The summed E-state index contributed by atoms with van der Waals surface area (Å²) in [5.41, 5.74) is 0. The Labute approximate surface area is 167 Å². The van der Waals surface area contributed by atoms with Crippen LogP contribution in [0.15, 0.2) is 18.7 Å². The minimum atomic E-state index is -0.427. The molecule has 4 nitrogen and oxygen atoms in total. The molecule has 1 heterocycles. The van der Waals surface area contributed by atoms with Gasteiger partial charge in [0.15, 0.2) is 0 Å². The Hall–Kier alpha value is -0.870. The molecule has 1 rings (SSSR count). The first-order valence-corrected chi connectivity index (χ1v) is 11.5. The average Bonchev–Trinajstić information content (AvgIpc) is 3.06. The number of nitrogens with zero attached hydrogens (tertiary/aromatic N) is 2. The third kappa shape index (κ3) is 14.8. The molecule has 0 aromatic carbocycles. The highest BCUT2D eigenvalue weighted by molar-refractivity contribution is 4.68. The fourth-order valence-corrected chi connectivity index (χ4v) is 3.52. The third-order valence-corrected chi connectivity index (χ3v) is 5.20. The summed E-state index contributed by atoms with van der Waals surface area (Å²) in [5, 5.41) is 9.97. The van der Waals surface area contributed by atoms with Gasteiger partial charge in [0.25, 0.3) is 0 Å². The van der Waals surface area contributed by atoms with Crippen LogP contribution in [0.3, 0.4) is 0 Å². The van der Waals surface area contributed by atoms with Gasteiger partial charge in [0.05, 0.1) is 13.7 Å². The van der Waals surface area contributed by atoms with Gasteiger partial charge in [-0.1, -0.05) is 90.4 Å². The molecule has 158 valence electrons. The fraction of sp³-hybridized carbons (Fsp3) is 0.870. The number of aliphatic hydroxyl groups is 1. The van der Waals surface area contributed by atoms with Crippen LogP contribution in [0.2, 0.25) is 0 Å². The zero-order valence-corrected chi connectivity index (χ0v) is 18.1. The van der Waals surface area contributed by atoms with Gasteiger partial charge in [0.2, 0.25) is 6.33 Å². The number of hydrogen-bond donors (Lipinski definition) is 1. The molecule has 1 N–H and O–H groups in total. The van der Waals surface area contributed by atoms with Crippen molar-refractivity contribution in [1.29, 1.82) is 0 Å². The van der Waals surface area contributed by atoms with Gasteiger partial charge in [0, 0.05) is 6.61 Å². The predicted octanol–water partition coefficient (Wildman–Crippen LogP) is 5.17. The molecular formula is C23H45N2O2+. The SMILES string of the molecule is CCCCCCCCCCCCCCCCOCC(O)Cn1cc[n+](C)c1. The van der Waals surface area contributed by atoms with Crippen LogP contribution in [0.1, 0.15) is 96.8 Å². The summed E-state index contributed by atoms with van der Waals surface area (Å²) in [6.45, 7) is 4.08. The summed E-state index contributed by atoms with van der Waals surface area (Å²) >= 11 is 0. The summed E-state index contributed by atoms with van der Waals surface area (Å²) in [4.78, 5) is 0. The lowest BCUT2D eigenvalue weighted by atomic mass is 10.0. The van der Waals surface area contributed by atoms with Crippen LogP contribution in [0, 0.1) is 0 Å². The van der Waals surface area contributed by atoms with E-state index in [0.29, 0.717) is 13.2 Å². The molecule has 0 aliphatic carbocycles. The first-order valence-electron chi connectivity index (χ1n) is 11.5. The average molecular weight is 382 g/mol. The van der Waals surface area contributed by atoms with E-state index in [1.54, 1.807) is 0 Å². The maximum Gasteiger partial charge on any atom is 0.243 e. The molecule has 0 saturated carbocycles. The molecule has 0 fully saturated rings. The van der Waals surface area contributed by atoms with E-state index < -0.39 is 6.10 Å². The number of unbranched alkanes of at least 4 members (excludes halogenated alkanes) is 13. The largest absolute Gasteiger partial charge is 0.387 e. The van der Waals surface area contributed by atoms with Crippen molar-refractivity contribution < 1.29 is 14.4 Å². The third-order valence-electron chi connectivity index (χ3n) is 5.20. The molecule has 1 atom stereocenters. The van der Waals surface area contributed by atoms with Gasteiger partial charge >= 0.3 is 0 Å². The molecule has 0 spiro atoms. The Morgan fingerprint density at radius 2 is 1.37 bits per heavy atom. The number of aliphatic hydroxyl groups excluding tert-OH is 1. The Morgan fingerprint density at radius 3 is 1.85 bits per heavy atom. The van der Waals surface area contributed by atoms with Gasteiger partial charge in [0.1, 0.15) is 25.0 Å². The molecular weight excluding hydrogens is 336 g/mol. The smallest absolute Gasteiger partial charge is 0.243 e. The predicted molar refractivity (Wildman–Crippen MR) is 113 cm³/mol. The molecule has 0 saturated heterocycles. The normalized spacial score (nSPS) is 12.6. The van der Waals surface area contributed by atoms with Crippen molar-refractivity contribution in [2.75, 3.05) is 13.2 Å². The van der Waals surface area contributed by atoms with E-state index >= 15 is 0 Å². The van der Waals surface area contributed by atoms with E-state index in [9.17, 15) is 5.11 Å². The van der Waals surface area contributed by atoms with Crippen LogP contribution in [-0.2, 0) is 18.3 Å². The van der Waals surface area contributed by atoms with Crippen LogP contribution in [0.4, 0.5) is 0 Å². The second kappa shape index (κ2) is 17.2. The zero-order valence-electron chi connectivity index (χ0n) is 18.1. The number of rotatable bonds is 19. The standard InChI is InChI=1S/C23H45N2O2/c1-3-4-5-6-7-8-9-10-11-12-13-14-15-16-19-27-21-23(26)20-25-18-17-24(2)22-25/h17-18,22-23,26H,3-16,19-21H2,1-2H3/q+1. The van der Waals surface area contributed by atoms with Gasteiger partial charge in [-0.05, 0) is 6.42 Å². The number of imidazole rings is 1. The highest BCUT2D eigenvalue weighted by atomic mass is 16.5. The van der Waals surface area contributed by atoms with Crippen LogP contribution >= 0.6 is 0 Å². The minimum Gasteiger partial charge on any atom is -0.387 e. The lowest BCUT2D eigenvalue weighted by molar-refractivity contribution is -0.671. The van der Waals surface area contributed by atoms with Crippen LogP contribution in [0.5, 0.6) is 0 Å². The summed E-state index contributed by atoms with van der Waals surface area (Å²) in [6.07, 6.45) is 24.7. The van der Waals surface area contributed by atoms with Crippen LogP contribution in [-0.4, -0.2) is 29.0 Å². The molecule has 1 aromatic rings. The fourth-order valence-electron chi connectivity index (χ4n) is 3.52. The number of hydrogen-bond acceptors (Lipinski definition) is 2. The Bertz CT molecular complexity index is 434. The summed E-state index contributed by atoms with van der Waals surface area (Å²) < 4.78 is 9.57. The molecule has 1 aromatic heterocycles. The highest BCUT2D eigenvalue weighted by Crippen LogP contribution is 2.12. The van der Waals surface area contributed by atoms with Crippen molar-refractivity contribution in [2.24, 2.45) is 7.05 Å². The highest BCUT2D eigenvalue weighted by Gasteiger charge is 2.09. The summed E-state index contributed by atoms with van der Waals surface area (Å²) in [7, 11) is 1.98. The first kappa shape index (κ1) is 24.2. The van der Waals surface area contributed by atoms with E-state index in [1.807, 2.05) is 34.9 Å². The number of aromatic nitrogens is 2. The second-order valence-corrected chi connectivity index (χ2v) is 8.10. The molecule has 4 heteroatoms. The molecule has 0 aliphatic rings. The van der Waals surface area contributed by atoms with Gasteiger partial charge < -0.3 is 9.84 Å². The zero-order chi connectivity index (χ0) is 19.6. The van der Waals surface area contributed by atoms with E-state index in [-0.39, 0.29) is 0 Å². The quantitative estimate of drug-likeness (QED) is 0.265. The lowest BCUT2D eigenvalue weighted by Crippen LogP contribution is -2.26. The molecule has 0 amide bonds. The maximum atomic E-state index is 9.97. The molecule has 0 bridgehead atoms. The van der Waals surface area contributed by atoms with Crippen molar-refractivity contribution >= 4 is 0 Å². The molecule has 0 radical (unpaired) electrons. The van der Waals surface area contributed by atoms with Crippen LogP contribution in [0.25, 0.3) is 0 Å². The number of ether oxygens (including phenoxy) is 1.